The molecule has 6 unspecified atom stereocenters. The minimum Gasteiger partial charge on any atom is -0.457 e. The second kappa shape index (κ2) is 8.10. The molecule has 1 aliphatic heterocycles. The van der Waals surface area contributed by atoms with E-state index >= 15 is 0 Å². The molecule has 36 heavy (non-hydrogen) atoms. The van der Waals surface area contributed by atoms with E-state index < -0.39 is 10.9 Å². The molecule has 0 aromatic heterocycles. The lowest BCUT2D eigenvalue weighted by atomic mass is 9.73. The number of ether oxygens (including phenoxy) is 2. The Morgan fingerprint density at radius 2 is 1.67 bits per heavy atom. The Bertz CT molecular complexity index is 1260. The highest BCUT2D eigenvalue weighted by atomic mass is 32.2. The van der Waals surface area contributed by atoms with Crippen LogP contribution in [0.2, 0.25) is 0 Å². The summed E-state index contributed by atoms with van der Waals surface area (Å²) in [6, 6.07) is 17.7. The average molecular weight is 501 g/mol. The molecule has 1 spiro atoms. The van der Waals surface area contributed by atoms with Gasteiger partial charge in [-0.25, -0.2) is 4.79 Å². The normalized spacial score (nSPS) is 36.4. The number of allylic oxidation sites excluding steroid dienone is 1. The van der Waals surface area contributed by atoms with Crippen molar-refractivity contribution in [2.24, 2.45) is 23.2 Å². The van der Waals surface area contributed by atoms with E-state index in [-0.39, 0.29) is 30.2 Å². The van der Waals surface area contributed by atoms with Crippen molar-refractivity contribution in [1.82, 2.24) is 0 Å². The van der Waals surface area contributed by atoms with Gasteiger partial charge in [0.2, 0.25) is 0 Å². The SMILES string of the molecule is CC1=CC([SH]2c3ccccc3-c3ccccc32)=CC(C)C1OCC(=O)OC1(C)CCC23CC2CC1C3. The number of carbonyl (C=O) groups excluding carboxylic acids is 1. The Kier molecular flexibility index (Phi) is 5.14. The molecule has 0 radical (unpaired) electrons. The number of hydrogen-bond acceptors (Lipinski definition) is 3. The minimum atomic E-state index is -0.574. The van der Waals surface area contributed by atoms with Crippen molar-refractivity contribution in [2.45, 2.75) is 74.4 Å². The fourth-order valence-corrected chi connectivity index (χ4v) is 10.7. The summed E-state index contributed by atoms with van der Waals surface area (Å²) >= 11 is 0. The van der Waals surface area contributed by atoms with Crippen LogP contribution in [0.3, 0.4) is 0 Å². The van der Waals surface area contributed by atoms with Gasteiger partial charge in [-0.15, -0.1) is 0 Å². The maximum atomic E-state index is 12.9. The molecule has 3 nitrogen and oxygen atoms in total. The van der Waals surface area contributed by atoms with Crippen molar-refractivity contribution in [3.8, 4) is 11.1 Å². The predicted molar refractivity (Wildman–Crippen MR) is 145 cm³/mol. The fraction of sp³-hybridized carbons (Fsp3) is 0.469. The summed E-state index contributed by atoms with van der Waals surface area (Å²) in [5.74, 6) is 1.44. The number of hydrogen-bond donors (Lipinski definition) is 1. The van der Waals surface area contributed by atoms with Crippen LogP contribution in [-0.2, 0) is 14.3 Å². The lowest BCUT2D eigenvalue weighted by molar-refractivity contribution is -0.175. The van der Waals surface area contributed by atoms with Gasteiger partial charge < -0.3 is 9.47 Å². The lowest BCUT2D eigenvalue weighted by Gasteiger charge is -2.41. The summed E-state index contributed by atoms with van der Waals surface area (Å²) in [6.45, 7) is 6.55. The van der Waals surface area contributed by atoms with Crippen molar-refractivity contribution >= 4 is 16.9 Å². The van der Waals surface area contributed by atoms with Crippen LogP contribution in [0.25, 0.3) is 11.1 Å². The van der Waals surface area contributed by atoms with Gasteiger partial charge in [0.25, 0.3) is 0 Å². The van der Waals surface area contributed by atoms with Gasteiger partial charge in [0, 0.05) is 15.7 Å². The molecule has 4 aliphatic carbocycles. The van der Waals surface area contributed by atoms with E-state index in [9.17, 15) is 4.79 Å². The predicted octanol–water partition coefficient (Wildman–Crippen LogP) is 7.46. The van der Waals surface area contributed by atoms with E-state index in [2.05, 4.69) is 81.5 Å². The number of esters is 1. The molecule has 0 N–H and O–H groups in total. The van der Waals surface area contributed by atoms with Crippen molar-refractivity contribution in [3.63, 3.8) is 0 Å². The van der Waals surface area contributed by atoms with E-state index in [1.807, 2.05) is 0 Å². The topological polar surface area (TPSA) is 35.5 Å². The highest BCUT2D eigenvalue weighted by Crippen LogP contribution is 2.73. The number of thiol groups is 1. The van der Waals surface area contributed by atoms with Crippen LogP contribution < -0.4 is 0 Å². The maximum Gasteiger partial charge on any atom is 0.332 e. The van der Waals surface area contributed by atoms with Crippen LogP contribution in [0.1, 0.15) is 52.9 Å². The Hall–Kier alpha value is -2.30. The first-order valence-electron chi connectivity index (χ1n) is 13.6. The van der Waals surface area contributed by atoms with Gasteiger partial charge in [0.05, 0.1) is 6.10 Å². The Morgan fingerprint density at radius 1 is 1.00 bits per heavy atom. The molecule has 5 aliphatic rings. The molecule has 7 rings (SSSR count). The van der Waals surface area contributed by atoms with Crippen LogP contribution in [0.15, 0.2) is 81.0 Å². The largest absolute Gasteiger partial charge is 0.457 e. The average Bonchev–Trinajstić information content (AvgIpc) is 3.26. The molecule has 0 amide bonds. The molecule has 2 aromatic carbocycles. The van der Waals surface area contributed by atoms with E-state index in [4.69, 9.17) is 9.47 Å². The standard InChI is InChI=1S/C32H36O3S/c1-20-14-24(36-27-10-6-4-8-25(27)26-9-5-7-11-28(26)36)15-21(2)30(20)34-19-29(33)35-31(3)12-13-32-17-22(31)16-23(32)18-32/h4-11,14-15,20,22-23,30,36H,12-13,16-19H2,1-3H3. The third-order valence-electron chi connectivity index (χ3n) is 9.87. The van der Waals surface area contributed by atoms with Gasteiger partial charge in [-0.3, -0.25) is 0 Å². The highest BCUT2D eigenvalue weighted by molar-refractivity contribution is 8.21. The Labute approximate surface area is 217 Å². The third kappa shape index (κ3) is 3.48. The molecule has 0 saturated heterocycles. The van der Waals surface area contributed by atoms with Gasteiger partial charge in [-0.05, 0) is 103 Å². The molecule has 3 fully saturated rings. The van der Waals surface area contributed by atoms with Crippen LogP contribution in [-0.4, -0.2) is 24.3 Å². The van der Waals surface area contributed by atoms with Crippen molar-refractivity contribution in [1.29, 1.82) is 0 Å². The van der Waals surface area contributed by atoms with Crippen LogP contribution in [0.5, 0.6) is 0 Å². The zero-order valence-corrected chi connectivity index (χ0v) is 22.4. The van der Waals surface area contributed by atoms with E-state index in [0.717, 1.165) is 12.3 Å². The van der Waals surface area contributed by atoms with Crippen LogP contribution in [0, 0.1) is 23.2 Å². The van der Waals surface area contributed by atoms with E-state index in [0.29, 0.717) is 11.3 Å². The van der Waals surface area contributed by atoms with Crippen molar-refractivity contribution in [2.75, 3.05) is 6.61 Å². The first kappa shape index (κ1) is 22.9. The fourth-order valence-electron chi connectivity index (χ4n) is 7.85. The molecule has 4 heteroatoms. The second-order valence-electron chi connectivity index (χ2n) is 12.1. The first-order chi connectivity index (χ1) is 17.4. The minimum absolute atomic E-state index is 0.0284. The van der Waals surface area contributed by atoms with E-state index in [1.165, 1.54) is 57.1 Å². The molecule has 2 bridgehead atoms. The van der Waals surface area contributed by atoms with Gasteiger partial charge in [-0.1, -0.05) is 49.4 Å². The maximum absolute atomic E-state index is 12.9. The lowest BCUT2D eigenvalue weighted by Crippen LogP contribution is -2.43. The smallest absolute Gasteiger partial charge is 0.332 e. The first-order valence-corrected chi connectivity index (χ1v) is 14.9. The summed E-state index contributed by atoms with van der Waals surface area (Å²) in [4.78, 5) is 17.2. The van der Waals surface area contributed by atoms with Crippen LogP contribution >= 0.6 is 10.9 Å². The van der Waals surface area contributed by atoms with E-state index in [1.54, 1.807) is 0 Å². The second-order valence-corrected chi connectivity index (χ2v) is 14.3. The third-order valence-corrected chi connectivity index (χ3v) is 12.4. The molecule has 1 heterocycles. The molecule has 188 valence electrons. The number of carbonyl (C=O) groups is 1. The molecule has 3 saturated carbocycles. The Balaban J connectivity index is 1.04. The number of rotatable bonds is 5. The van der Waals surface area contributed by atoms with Gasteiger partial charge in [0.15, 0.2) is 0 Å². The van der Waals surface area contributed by atoms with Gasteiger partial charge >= 0.3 is 5.97 Å². The van der Waals surface area contributed by atoms with Crippen molar-refractivity contribution < 1.29 is 14.3 Å². The molecule has 6 atom stereocenters. The number of fused-ring (bicyclic) bond motifs is 4. The van der Waals surface area contributed by atoms with Crippen LogP contribution in [0.4, 0.5) is 0 Å². The van der Waals surface area contributed by atoms with Crippen molar-refractivity contribution in [3.05, 3.63) is 71.2 Å². The quantitative estimate of drug-likeness (QED) is 0.342. The Morgan fingerprint density at radius 3 is 2.36 bits per heavy atom. The van der Waals surface area contributed by atoms with Gasteiger partial charge in [0.1, 0.15) is 12.2 Å². The summed E-state index contributed by atoms with van der Waals surface area (Å²) < 4.78 is 12.4. The zero-order chi connectivity index (χ0) is 24.7. The summed E-state index contributed by atoms with van der Waals surface area (Å²) in [6.07, 6.45) is 10.7. The highest BCUT2D eigenvalue weighted by Gasteiger charge is 2.66. The molecular weight excluding hydrogens is 464 g/mol. The summed E-state index contributed by atoms with van der Waals surface area (Å²) in [5.41, 5.74) is 4.24. The van der Waals surface area contributed by atoms with Gasteiger partial charge in [-0.2, -0.15) is 10.9 Å². The summed E-state index contributed by atoms with van der Waals surface area (Å²) in [7, 11) is -0.574. The molecular formula is C32H36O3S. The molecule has 2 aromatic rings. The summed E-state index contributed by atoms with van der Waals surface area (Å²) in [5, 5.41) is 0. The monoisotopic (exact) mass is 500 g/mol. The zero-order valence-electron chi connectivity index (χ0n) is 21.5. The number of benzene rings is 2.